The van der Waals surface area contributed by atoms with Crippen LogP contribution in [0.5, 0.6) is 0 Å². The van der Waals surface area contributed by atoms with Crippen LogP contribution in [0.3, 0.4) is 0 Å². The van der Waals surface area contributed by atoms with Crippen molar-refractivity contribution < 1.29 is 0 Å². The van der Waals surface area contributed by atoms with E-state index in [4.69, 9.17) is 28.9 Å². The first-order valence-corrected chi connectivity index (χ1v) is 10.6. The summed E-state index contributed by atoms with van der Waals surface area (Å²) in [6, 6.07) is 5.40. The summed E-state index contributed by atoms with van der Waals surface area (Å²) in [5, 5.41) is 4.19. The molecule has 2 heterocycles. The standard InChI is InChI=1S/C20H24Cl2N6O2/c1-26-16-17(25-19(26)24-13-5-3-4-12(23)9-13)27(2)20(30)28(18(16)29)10-11-6-7-14(21)15(22)8-11/h6-8,12-13H,3-5,9-10,23H2,1-2H3,(H,24,25). The maximum atomic E-state index is 13.2. The lowest BCUT2D eigenvalue weighted by molar-refractivity contribution is 0.407. The van der Waals surface area contributed by atoms with Crippen molar-refractivity contribution in [1.82, 2.24) is 18.7 Å². The number of fused-ring (bicyclic) bond motifs is 1. The summed E-state index contributed by atoms with van der Waals surface area (Å²) >= 11 is 12.1. The number of nitrogens with two attached hydrogens (primary N) is 1. The van der Waals surface area contributed by atoms with Crippen molar-refractivity contribution in [3.05, 3.63) is 54.6 Å². The molecule has 2 unspecified atom stereocenters. The number of nitrogens with zero attached hydrogens (tertiary/aromatic N) is 4. The van der Waals surface area contributed by atoms with Gasteiger partial charge in [-0.2, -0.15) is 4.98 Å². The third kappa shape index (κ3) is 3.75. The summed E-state index contributed by atoms with van der Waals surface area (Å²) in [4.78, 5) is 30.7. The fourth-order valence-electron chi connectivity index (χ4n) is 4.07. The number of aryl methyl sites for hydroxylation is 2. The SMILES string of the molecule is Cn1c(NC2CCCC(N)C2)nc2c1c(=O)n(Cc1ccc(Cl)c(Cl)c1)c(=O)n2C. The number of nitrogens with one attached hydrogen (secondary N) is 1. The van der Waals surface area contributed by atoms with E-state index in [-0.39, 0.29) is 18.6 Å². The van der Waals surface area contributed by atoms with E-state index in [2.05, 4.69) is 10.3 Å². The van der Waals surface area contributed by atoms with Crippen LogP contribution >= 0.6 is 23.2 Å². The van der Waals surface area contributed by atoms with Gasteiger partial charge in [-0.1, -0.05) is 29.3 Å². The molecule has 8 nitrogen and oxygen atoms in total. The van der Waals surface area contributed by atoms with Crippen LogP contribution < -0.4 is 22.3 Å². The van der Waals surface area contributed by atoms with Gasteiger partial charge in [-0.25, -0.2) is 4.79 Å². The number of hydrogen-bond acceptors (Lipinski definition) is 5. The highest BCUT2D eigenvalue weighted by Crippen LogP contribution is 2.24. The first-order chi connectivity index (χ1) is 14.3. The maximum absolute atomic E-state index is 13.2. The molecule has 3 N–H and O–H groups in total. The molecule has 0 saturated heterocycles. The molecule has 1 fully saturated rings. The van der Waals surface area contributed by atoms with Crippen molar-refractivity contribution in [2.45, 2.75) is 44.3 Å². The third-order valence-electron chi connectivity index (χ3n) is 5.73. The first kappa shape index (κ1) is 21.0. The lowest BCUT2D eigenvalue weighted by Crippen LogP contribution is -2.39. The predicted octanol–water partition coefficient (Wildman–Crippen LogP) is 2.47. The van der Waals surface area contributed by atoms with Gasteiger partial charge in [0.2, 0.25) is 5.95 Å². The molecular formula is C20H24Cl2N6O2. The number of anilines is 1. The molecule has 2 atom stereocenters. The summed E-state index contributed by atoms with van der Waals surface area (Å²) in [5.41, 5.74) is 6.66. The van der Waals surface area contributed by atoms with E-state index in [9.17, 15) is 9.59 Å². The smallest absolute Gasteiger partial charge is 0.332 e. The van der Waals surface area contributed by atoms with Crippen LogP contribution in [0.4, 0.5) is 5.95 Å². The number of aromatic nitrogens is 4. The second-order valence-electron chi connectivity index (χ2n) is 7.92. The van der Waals surface area contributed by atoms with Gasteiger partial charge < -0.3 is 15.6 Å². The van der Waals surface area contributed by atoms with Crippen molar-refractivity contribution in [2.75, 3.05) is 5.32 Å². The summed E-state index contributed by atoms with van der Waals surface area (Å²) in [5.74, 6) is 0.559. The molecule has 0 bridgehead atoms. The van der Waals surface area contributed by atoms with Crippen LogP contribution in [0.15, 0.2) is 27.8 Å². The van der Waals surface area contributed by atoms with Gasteiger partial charge in [0.25, 0.3) is 5.56 Å². The van der Waals surface area contributed by atoms with Crippen LogP contribution in [0.1, 0.15) is 31.2 Å². The van der Waals surface area contributed by atoms with Gasteiger partial charge in [0.15, 0.2) is 11.2 Å². The number of halogens is 2. The molecule has 2 aromatic heterocycles. The minimum atomic E-state index is -0.442. The Morgan fingerprint density at radius 3 is 2.63 bits per heavy atom. The zero-order valence-electron chi connectivity index (χ0n) is 16.9. The minimum Gasteiger partial charge on any atom is -0.353 e. The Morgan fingerprint density at radius 1 is 1.17 bits per heavy atom. The van der Waals surface area contributed by atoms with E-state index in [1.165, 1.54) is 9.13 Å². The molecule has 0 aliphatic heterocycles. The van der Waals surface area contributed by atoms with Crippen LogP contribution in [-0.4, -0.2) is 30.8 Å². The van der Waals surface area contributed by atoms with Gasteiger partial charge >= 0.3 is 5.69 Å². The quantitative estimate of drug-likeness (QED) is 0.635. The molecule has 0 amide bonds. The van der Waals surface area contributed by atoms with Crippen molar-refractivity contribution >= 4 is 40.3 Å². The monoisotopic (exact) mass is 450 g/mol. The molecule has 1 aliphatic carbocycles. The Hall–Kier alpha value is -2.29. The van der Waals surface area contributed by atoms with Gasteiger partial charge in [-0.15, -0.1) is 0 Å². The van der Waals surface area contributed by atoms with Crippen LogP contribution in [-0.2, 0) is 20.6 Å². The zero-order chi connectivity index (χ0) is 21.6. The van der Waals surface area contributed by atoms with Crippen molar-refractivity contribution in [1.29, 1.82) is 0 Å². The van der Waals surface area contributed by atoms with E-state index in [1.807, 2.05) is 0 Å². The molecule has 160 valence electrons. The topological polar surface area (TPSA) is 99.9 Å². The zero-order valence-corrected chi connectivity index (χ0v) is 18.4. The van der Waals surface area contributed by atoms with Gasteiger partial charge in [-0.05, 0) is 43.4 Å². The second-order valence-corrected chi connectivity index (χ2v) is 8.73. The molecule has 3 aromatic rings. The molecule has 0 spiro atoms. The molecule has 10 heteroatoms. The van der Waals surface area contributed by atoms with Crippen molar-refractivity contribution in [3.63, 3.8) is 0 Å². The highest BCUT2D eigenvalue weighted by molar-refractivity contribution is 6.42. The molecule has 1 saturated carbocycles. The molecule has 4 rings (SSSR count). The second kappa shape index (κ2) is 8.09. The van der Waals surface area contributed by atoms with E-state index in [0.717, 1.165) is 25.7 Å². The van der Waals surface area contributed by atoms with Crippen molar-refractivity contribution in [3.8, 4) is 0 Å². The van der Waals surface area contributed by atoms with Crippen LogP contribution in [0.25, 0.3) is 11.2 Å². The molecule has 1 aromatic carbocycles. The average molecular weight is 451 g/mol. The van der Waals surface area contributed by atoms with Gasteiger partial charge in [0, 0.05) is 26.2 Å². The summed E-state index contributed by atoms with van der Waals surface area (Å²) in [6.45, 7) is 0.0871. The fraction of sp³-hybridized carbons (Fsp3) is 0.450. The summed E-state index contributed by atoms with van der Waals surface area (Å²) in [7, 11) is 3.39. The van der Waals surface area contributed by atoms with Crippen LogP contribution in [0, 0.1) is 0 Å². The summed E-state index contributed by atoms with van der Waals surface area (Å²) < 4.78 is 4.29. The third-order valence-corrected chi connectivity index (χ3v) is 6.47. The Morgan fingerprint density at radius 2 is 1.93 bits per heavy atom. The van der Waals surface area contributed by atoms with E-state index < -0.39 is 11.2 Å². The number of imidazole rings is 1. The van der Waals surface area contributed by atoms with Gasteiger partial charge in [0.1, 0.15) is 0 Å². The predicted molar refractivity (Wildman–Crippen MR) is 120 cm³/mol. The molecule has 30 heavy (non-hydrogen) atoms. The Labute approximate surface area is 183 Å². The lowest BCUT2D eigenvalue weighted by Gasteiger charge is -2.27. The first-order valence-electron chi connectivity index (χ1n) is 9.88. The van der Waals surface area contributed by atoms with E-state index in [0.29, 0.717) is 32.7 Å². The Kier molecular flexibility index (Phi) is 5.65. The average Bonchev–Trinajstić information content (AvgIpc) is 3.03. The number of hydrogen-bond donors (Lipinski definition) is 2. The van der Waals surface area contributed by atoms with E-state index >= 15 is 0 Å². The highest BCUT2D eigenvalue weighted by Gasteiger charge is 2.23. The highest BCUT2D eigenvalue weighted by atomic mass is 35.5. The summed E-state index contributed by atoms with van der Waals surface area (Å²) in [6.07, 6.45) is 3.92. The molecule has 0 radical (unpaired) electrons. The normalized spacial score (nSPS) is 19.4. The van der Waals surface area contributed by atoms with Crippen LogP contribution in [0.2, 0.25) is 10.0 Å². The Bertz CT molecular complexity index is 1230. The maximum Gasteiger partial charge on any atom is 0.332 e. The Balaban J connectivity index is 1.76. The molecular weight excluding hydrogens is 427 g/mol. The van der Waals surface area contributed by atoms with E-state index in [1.54, 1.807) is 36.9 Å². The van der Waals surface area contributed by atoms with Gasteiger partial charge in [0.05, 0.1) is 16.6 Å². The number of rotatable bonds is 4. The lowest BCUT2D eigenvalue weighted by atomic mass is 9.92. The number of benzene rings is 1. The molecule has 1 aliphatic rings. The minimum absolute atomic E-state index is 0.0871. The van der Waals surface area contributed by atoms with Gasteiger partial charge in [-0.3, -0.25) is 13.9 Å². The van der Waals surface area contributed by atoms with Crippen molar-refractivity contribution in [2.24, 2.45) is 19.8 Å². The largest absolute Gasteiger partial charge is 0.353 e. The fourth-order valence-corrected chi connectivity index (χ4v) is 4.39.